The third-order valence-corrected chi connectivity index (χ3v) is 3.68. The number of nitrogen functional groups attached to an aromatic ring is 1. The standard InChI is InChI=1S/C14H18N4O4/c1-20-9-7-10-12(13(15)17-16-10)11(8-9)21-22-14(19)18-5-3-2-4-6-18/h7-8H,2-6H2,1H3,(H3,15,16,17). The first kappa shape index (κ1) is 14.3. The molecule has 0 radical (unpaired) electrons. The van der Waals surface area contributed by atoms with Gasteiger partial charge in [0.2, 0.25) is 0 Å². The highest BCUT2D eigenvalue weighted by Crippen LogP contribution is 2.33. The second-order valence-electron chi connectivity index (χ2n) is 5.14. The lowest BCUT2D eigenvalue weighted by molar-refractivity contribution is -0.153. The van der Waals surface area contributed by atoms with Crippen LogP contribution in [0.25, 0.3) is 10.9 Å². The number of carbonyl (C=O) groups excluding carboxylic acids is 1. The molecule has 0 saturated carbocycles. The molecule has 8 heteroatoms. The Morgan fingerprint density at radius 2 is 2.09 bits per heavy atom. The van der Waals surface area contributed by atoms with Crippen molar-refractivity contribution in [2.45, 2.75) is 19.3 Å². The highest BCUT2D eigenvalue weighted by atomic mass is 17.2. The number of hydrogen-bond donors (Lipinski definition) is 2. The number of benzene rings is 1. The number of nitrogens with two attached hydrogens (primary N) is 1. The van der Waals surface area contributed by atoms with Gasteiger partial charge in [0, 0.05) is 25.2 Å². The summed E-state index contributed by atoms with van der Waals surface area (Å²) in [5, 5.41) is 7.23. The maximum atomic E-state index is 12.0. The molecule has 22 heavy (non-hydrogen) atoms. The lowest BCUT2D eigenvalue weighted by Crippen LogP contribution is -2.36. The number of ether oxygens (including phenoxy) is 1. The Labute approximate surface area is 127 Å². The molecule has 0 aliphatic carbocycles. The van der Waals surface area contributed by atoms with Gasteiger partial charge in [-0.15, -0.1) is 0 Å². The summed E-state index contributed by atoms with van der Waals surface area (Å²) in [4.78, 5) is 23.7. The van der Waals surface area contributed by atoms with Crippen molar-refractivity contribution in [1.82, 2.24) is 15.1 Å². The molecule has 0 bridgehead atoms. The molecule has 2 aromatic rings. The number of carbonyl (C=O) groups is 1. The first-order chi connectivity index (χ1) is 10.7. The van der Waals surface area contributed by atoms with Crippen molar-refractivity contribution in [3.63, 3.8) is 0 Å². The van der Waals surface area contributed by atoms with E-state index < -0.39 is 6.09 Å². The number of aromatic amines is 1. The van der Waals surface area contributed by atoms with Gasteiger partial charge >= 0.3 is 6.09 Å². The zero-order valence-corrected chi connectivity index (χ0v) is 12.3. The van der Waals surface area contributed by atoms with Crippen LogP contribution in [0.15, 0.2) is 12.1 Å². The number of H-pyrrole nitrogens is 1. The molecular formula is C14H18N4O4. The van der Waals surface area contributed by atoms with Crippen LogP contribution in [0.3, 0.4) is 0 Å². The number of hydrogen-bond acceptors (Lipinski definition) is 6. The van der Waals surface area contributed by atoms with Crippen LogP contribution in [0, 0.1) is 0 Å². The molecule has 1 fully saturated rings. The van der Waals surface area contributed by atoms with E-state index in [0.29, 0.717) is 29.7 Å². The minimum atomic E-state index is -0.502. The van der Waals surface area contributed by atoms with E-state index in [0.717, 1.165) is 19.3 Å². The van der Waals surface area contributed by atoms with Crippen molar-refractivity contribution >= 4 is 22.8 Å². The van der Waals surface area contributed by atoms with Gasteiger partial charge in [-0.25, -0.2) is 9.68 Å². The van der Waals surface area contributed by atoms with Gasteiger partial charge in [-0.2, -0.15) is 5.10 Å². The first-order valence-electron chi connectivity index (χ1n) is 7.14. The van der Waals surface area contributed by atoms with Crippen molar-refractivity contribution in [3.8, 4) is 11.5 Å². The molecule has 1 amide bonds. The van der Waals surface area contributed by atoms with Gasteiger partial charge in [-0.3, -0.25) is 9.99 Å². The van der Waals surface area contributed by atoms with E-state index in [-0.39, 0.29) is 11.6 Å². The van der Waals surface area contributed by atoms with Crippen molar-refractivity contribution in [2.75, 3.05) is 25.9 Å². The largest absolute Gasteiger partial charge is 0.497 e. The van der Waals surface area contributed by atoms with Crippen molar-refractivity contribution < 1.29 is 19.3 Å². The molecule has 0 atom stereocenters. The Hall–Kier alpha value is -2.64. The summed E-state index contributed by atoms with van der Waals surface area (Å²) in [6.07, 6.45) is 2.59. The van der Waals surface area contributed by atoms with Gasteiger partial charge in [0.1, 0.15) is 5.75 Å². The fourth-order valence-electron chi connectivity index (χ4n) is 2.51. The lowest BCUT2D eigenvalue weighted by atomic mass is 10.1. The summed E-state index contributed by atoms with van der Waals surface area (Å²) in [6, 6.07) is 3.33. The van der Waals surface area contributed by atoms with Crippen molar-refractivity contribution in [3.05, 3.63) is 12.1 Å². The van der Waals surface area contributed by atoms with Gasteiger partial charge in [0.15, 0.2) is 11.6 Å². The zero-order chi connectivity index (χ0) is 15.5. The number of nitrogens with one attached hydrogen (secondary N) is 1. The predicted octanol–water partition coefficient (Wildman–Crippen LogP) is 2.07. The smallest absolute Gasteiger partial charge is 0.452 e. The highest BCUT2D eigenvalue weighted by molar-refractivity contribution is 5.95. The number of amides is 1. The van der Waals surface area contributed by atoms with E-state index in [1.54, 1.807) is 17.0 Å². The normalized spacial score (nSPS) is 14.9. The van der Waals surface area contributed by atoms with Crippen molar-refractivity contribution in [2.24, 2.45) is 0 Å². The second-order valence-corrected chi connectivity index (χ2v) is 5.14. The fourth-order valence-corrected chi connectivity index (χ4v) is 2.51. The van der Waals surface area contributed by atoms with Gasteiger partial charge in [-0.05, 0) is 19.3 Å². The summed E-state index contributed by atoms with van der Waals surface area (Å²) in [5.41, 5.74) is 6.44. The molecule has 1 saturated heterocycles. The molecule has 8 nitrogen and oxygen atoms in total. The van der Waals surface area contributed by atoms with Crippen LogP contribution in [0.2, 0.25) is 0 Å². The Bertz CT molecular complexity index is 679. The number of likely N-dealkylation sites (tertiary alicyclic amines) is 1. The molecule has 0 spiro atoms. The van der Waals surface area contributed by atoms with E-state index in [4.69, 9.17) is 20.2 Å². The van der Waals surface area contributed by atoms with Gasteiger partial charge in [0.25, 0.3) is 0 Å². The molecule has 0 unspecified atom stereocenters. The average Bonchev–Trinajstić information content (AvgIpc) is 2.94. The monoisotopic (exact) mass is 306 g/mol. The molecule has 1 aliphatic heterocycles. The van der Waals surface area contributed by atoms with Crippen LogP contribution in [0.5, 0.6) is 11.5 Å². The third-order valence-electron chi connectivity index (χ3n) is 3.68. The Balaban J connectivity index is 1.77. The number of methoxy groups -OCH3 is 1. The molecule has 118 valence electrons. The zero-order valence-electron chi connectivity index (χ0n) is 12.3. The number of rotatable bonds is 3. The van der Waals surface area contributed by atoms with Crippen LogP contribution < -0.4 is 15.4 Å². The quantitative estimate of drug-likeness (QED) is 0.664. The molecule has 1 aromatic carbocycles. The summed E-state index contributed by atoms with van der Waals surface area (Å²) < 4.78 is 5.18. The maximum absolute atomic E-state index is 12.0. The van der Waals surface area contributed by atoms with Gasteiger partial charge in [0.05, 0.1) is 18.0 Å². The molecule has 1 aliphatic rings. The Morgan fingerprint density at radius 3 is 2.82 bits per heavy atom. The first-order valence-corrected chi connectivity index (χ1v) is 7.14. The molecule has 3 rings (SSSR count). The van der Waals surface area contributed by atoms with Crippen LogP contribution >= 0.6 is 0 Å². The minimum Gasteiger partial charge on any atom is -0.497 e. The van der Waals surface area contributed by atoms with E-state index in [9.17, 15) is 4.79 Å². The van der Waals surface area contributed by atoms with E-state index >= 15 is 0 Å². The SMILES string of the molecule is COc1cc(OOC(=O)N2CCCCC2)c2c(N)n[nH]c2c1. The number of anilines is 1. The maximum Gasteiger partial charge on any atom is 0.452 e. The van der Waals surface area contributed by atoms with Gasteiger partial charge in [-0.1, -0.05) is 0 Å². The Morgan fingerprint density at radius 1 is 1.32 bits per heavy atom. The summed E-state index contributed by atoms with van der Waals surface area (Å²) >= 11 is 0. The highest BCUT2D eigenvalue weighted by Gasteiger charge is 2.20. The third kappa shape index (κ3) is 2.72. The van der Waals surface area contributed by atoms with Crippen molar-refractivity contribution in [1.29, 1.82) is 0 Å². The van der Waals surface area contributed by atoms with Crippen LogP contribution in [0.4, 0.5) is 10.6 Å². The van der Waals surface area contributed by atoms with Crippen LogP contribution in [-0.4, -0.2) is 41.4 Å². The van der Waals surface area contributed by atoms with E-state index in [1.165, 1.54) is 7.11 Å². The second kappa shape index (κ2) is 6.00. The average molecular weight is 306 g/mol. The topological polar surface area (TPSA) is 103 Å². The number of nitrogens with zero attached hydrogens (tertiary/aromatic N) is 2. The lowest BCUT2D eigenvalue weighted by Gasteiger charge is -2.24. The predicted molar refractivity (Wildman–Crippen MR) is 79.6 cm³/mol. The molecule has 1 aromatic heterocycles. The summed E-state index contributed by atoms with van der Waals surface area (Å²) in [7, 11) is 1.53. The number of piperidine rings is 1. The summed E-state index contributed by atoms with van der Waals surface area (Å²) in [5.74, 6) is 1.09. The molecule has 2 heterocycles. The Kier molecular flexibility index (Phi) is 3.90. The van der Waals surface area contributed by atoms with E-state index in [2.05, 4.69) is 10.2 Å². The minimum absolute atomic E-state index is 0.265. The number of fused-ring (bicyclic) bond motifs is 1. The number of aromatic nitrogens is 2. The van der Waals surface area contributed by atoms with Crippen LogP contribution in [-0.2, 0) is 4.89 Å². The molecule has 3 N–H and O–H groups in total. The van der Waals surface area contributed by atoms with Crippen LogP contribution in [0.1, 0.15) is 19.3 Å². The molecular weight excluding hydrogens is 288 g/mol. The van der Waals surface area contributed by atoms with Gasteiger partial charge < -0.3 is 15.4 Å². The summed E-state index contributed by atoms with van der Waals surface area (Å²) in [6.45, 7) is 1.37. The fraction of sp³-hybridized carbons (Fsp3) is 0.429. The van der Waals surface area contributed by atoms with E-state index in [1.807, 2.05) is 0 Å².